The topological polar surface area (TPSA) is 62.2 Å². The van der Waals surface area contributed by atoms with Gasteiger partial charge in [0, 0.05) is 18.6 Å². The zero-order valence-corrected chi connectivity index (χ0v) is 27.7. The summed E-state index contributed by atoms with van der Waals surface area (Å²) in [6.45, 7) is 16.3. The molecule has 0 aromatic heterocycles. The third kappa shape index (κ3) is 5.48. The van der Waals surface area contributed by atoms with E-state index < -0.39 is 13.9 Å². The van der Waals surface area contributed by atoms with Crippen LogP contribution in [0.15, 0.2) is 54.1 Å². The SMILES string of the molecule is CC[C@H](O)CCC/C=C(\C)[C@@]1(c2ccccc2)O[C@@]12C[C@@H]1[C@@H](C=C[C@@H]3C[C@@H](O[Si](C)(C)C(C)(C)C)C[C@@H]13)[C@@H]2CCO. The van der Waals surface area contributed by atoms with Crippen molar-refractivity contribution in [1.82, 2.24) is 0 Å². The number of aliphatic hydroxyl groups is 2. The Labute approximate surface area is 250 Å². The molecule has 5 heteroatoms. The summed E-state index contributed by atoms with van der Waals surface area (Å²) >= 11 is 0. The Balaban J connectivity index is 1.42. The molecule has 9 atom stereocenters. The lowest BCUT2D eigenvalue weighted by atomic mass is 9.71. The molecule has 1 saturated heterocycles. The zero-order valence-electron chi connectivity index (χ0n) is 26.7. The van der Waals surface area contributed by atoms with E-state index in [1.54, 1.807) is 0 Å². The first kappa shape index (κ1) is 31.2. The van der Waals surface area contributed by atoms with Gasteiger partial charge in [-0.15, -0.1) is 0 Å². The molecule has 3 fully saturated rings. The molecule has 4 nitrogen and oxygen atoms in total. The number of benzene rings is 1. The predicted molar refractivity (Wildman–Crippen MR) is 170 cm³/mol. The lowest BCUT2D eigenvalue weighted by Gasteiger charge is -2.38. The highest BCUT2D eigenvalue weighted by Gasteiger charge is 2.79. The van der Waals surface area contributed by atoms with Gasteiger partial charge in [-0.25, -0.2) is 0 Å². The molecule has 1 aromatic carbocycles. The summed E-state index contributed by atoms with van der Waals surface area (Å²) in [5.41, 5.74) is 1.82. The Bertz CT molecular complexity index is 1110. The Morgan fingerprint density at radius 1 is 1.15 bits per heavy atom. The predicted octanol–water partition coefficient (Wildman–Crippen LogP) is 8.16. The smallest absolute Gasteiger partial charge is 0.192 e. The van der Waals surface area contributed by atoms with Gasteiger partial charge < -0.3 is 19.4 Å². The fraction of sp³-hybridized carbons (Fsp3) is 0.722. The molecular weight excluding hydrogens is 524 g/mol. The van der Waals surface area contributed by atoms with E-state index >= 15 is 0 Å². The van der Waals surface area contributed by atoms with Gasteiger partial charge in [-0.3, -0.25) is 0 Å². The van der Waals surface area contributed by atoms with E-state index in [0.717, 1.165) is 51.4 Å². The van der Waals surface area contributed by atoms with Crippen molar-refractivity contribution in [2.24, 2.45) is 29.6 Å². The van der Waals surface area contributed by atoms with Gasteiger partial charge in [-0.1, -0.05) is 76.3 Å². The van der Waals surface area contributed by atoms with Crippen LogP contribution in [0.5, 0.6) is 0 Å². The maximum Gasteiger partial charge on any atom is 0.192 e. The average Bonchev–Trinajstić information content (AvgIpc) is 3.26. The highest BCUT2D eigenvalue weighted by Crippen LogP contribution is 2.74. The summed E-state index contributed by atoms with van der Waals surface area (Å²) in [4.78, 5) is 0. The van der Waals surface area contributed by atoms with Crippen LogP contribution in [-0.4, -0.2) is 42.9 Å². The minimum Gasteiger partial charge on any atom is -0.414 e. The average molecular weight is 581 g/mol. The number of ether oxygens (including phenoxy) is 1. The number of hydrogen-bond donors (Lipinski definition) is 2. The minimum absolute atomic E-state index is 0.195. The molecule has 1 aromatic rings. The van der Waals surface area contributed by atoms with Gasteiger partial charge in [-0.2, -0.15) is 0 Å². The number of epoxide rings is 1. The van der Waals surface area contributed by atoms with Crippen LogP contribution in [0.4, 0.5) is 0 Å². The Kier molecular flexibility index (Phi) is 8.89. The normalized spacial score (nSPS) is 37.3. The molecular formula is C36H56O4Si. The molecule has 1 heterocycles. The van der Waals surface area contributed by atoms with E-state index in [-0.39, 0.29) is 23.4 Å². The standard InChI is InChI=1S/C36H56O4Si/c1-8-28(38)17-13-12-14-25(2)36(27-15-10-9-11-16-27)35(40-36)24-32-30(33(35)20-21-37)19-18-26-22-29(23-31(26)32)39-41(6,7)34(3,4)5/h9-11,14-16,18-19,26,28-33,37-38H,8,12-13,17,20-24H2,1-7H3/b25-14+/t26-,28+,29-,30-,31-,32-,33+,35-,36+/m1/s1. The molecule has 2 N–H and O–H groups in total. The largest absolute Gasteiger partial charge is 0.414 e. The van der Waals surface area contributed by atoms with Gasteiger partial charge in [0.25, 0.3) is 0 Å². The Morgan fingerprint density at radius 2 is 1.88 bits per heavy atom. The minimum atomic E-state index is -1.82. The second kappa shape index (κ2) is 11.7. The van der Waals surface area contributed by atoms with Gasteiger partial charge >= 0.3 is 0 Å². The van der Waals surface area contributed by atoms with Crippen LogP contribution in [0, 0.1) is 29.6 Å². The van der Waals surface area contributed by atoms with Gasteiger partial charge in [0.05, 0.1) is 6.10 Å². The molecule has 0 amide bonds. The van der Waals surface area contributed by atoms with E-state index in [0.29, 0.717) is 35.7 Å². The van der Waals surface area contributed by atoms with Gasteiger partial charge in [0.1, 0.15) is 11.2 Å². The van der Waals surface area contributed by atoms with Crippen LogP contribution in [0.1, 0.15) is 91.5 Å². The summed E-state index contributed by atoms with van der Waals surface area (Å²) in [5.74, 6) is 2.50. The maximum absolute atomic E-state index is 10.3. The second-order valence-corrected chi connectivity index (χ2v) is 19.9. The lowest BCUT2D eigenvalue weighted by Crippen LogP contribution is -2.43. The summed E-state index contributed by atoms with van der Waals surface area (Å²) in [6.07, 6.45) is 15.2. The summed E-state index contributed by atoms with van der Waals surface area (Å²) in [5, 5.41) is 20.6. The fourth-order valence-corrected chi connectivity index (χ4v) is 10.0. The molecule has 0 radical (unpaired) electrons. The maximum atomic E-state index is 10.3. The van der Waals surface area contributed by atoms with E-state index in [1.165, 1.54) is 11.1 Å². The van der Waals surface area contributed by atoms with Crippen molar-refractivity contribution in [3.8, 4) is 0 Å². The van der Waals surface area contributed by atoms with Crippen molar-refractivity contribution in [3.05, 3.63) is 59.7 Å². The van der Waals surface area contributed by atoms with E-state index in [9.17, 15) is 10.2 Å². The van der Waals surface area contributed by atoms with Crippen LogP contribution in [0.25, 0.3) is 0 Å². The highest BCUT2D eigenvalue weighted by molar-refractivity contribution is 6.74. The summed E-state index contributed by atoms with van der Waals surface area (Å²) in [6, 6.07) is 10.8. The number of hydrogen-bond acceptors (Lipinski definition) is 4. The molecule has 1 spiro atoms. The molecule has 3 aliphatic carbocycles. The van der Waals surface area contributed by atoms with Crippen molar-refractivity contribution in [3.63, 3.8) is 0 Å². The molecule has 2 saturated carbocycles. The molecule has 228 valence electrons. The molecule has 0 unspecified atom stereocenters. The van der Waals surface area contributed by atoms with Crippen molar-refractivity contribution in [1.29, 1.82) is 0 Å². The van der Waals surface area contributed by atoms with Crippen molar-refractivity contribution >= 4 is 8.32 Å². The van der Waals surface area contributed by atoms with Gasteiger partial charge in [-0.05, 0) is 111 Å². The number of aliphatic hydroxyl groups excluding tert-OH is 2. The quantitative estimate of drug-likeness (QED) is 0.120. The zero-order chi connectivity index (χ0) is 29.6. The van der Waals surface area contributed by atoms with Crippen LogP contribution in [0.3, 0.4) is 0 Å². The summed E-state index contributed by atoms with van der Waals surface area (Å²) < 4.78 is 14.2. The third-order valence-corrected chi connectivity index (χ3v) is 16.4. The molecule has 0 bridgehead atoms. The number of fused-ring (bicyclic) bond motifs is 3. The first-order valence-electron chi connectivity index (χ1n) is 16.5. The van der Waals surface area contributed by atoms with Crippen LogP contribution in [-0.2, 0) is 14.8 Å². The first-order valence-corrected chi connectivity index (χ1v) is 19.4. The van der Waals surface area contributed by atoms with Gasteiger partial charge in [0.15, 0.2) is 8.32 Å². The van der Waals surface area contributed by atoms with E-state index in [1.807, 2.05) is 6.92 Å². The monoisotopic (exact) mass is 580 g/mol. The van der Waals surface area contributed by atoms with Crippen molar-refractivity contribution in [2.45, 2.75) is 128 Å². The van der Waals surface area contributed by atoms with Gasteiger partial charge in [0.2, 0.25) is 0 Å². The van der Waals surface area contributed by atoms with Crippen LogP contribution in [0.2, 0.25) is 18.1 Å². The number of rotatable bonds is 11. The first-order chi connectivity index (χ1) is 19.4. The van der Waals surface area contributed by atoms with Crippen LogP contribution < -0.4 is 0 Å². The number of unbranched alkanes of at least 4 members (excludes halogenated alkanes) is 1. The lowest BCUT2D eigenvalue weighted by molar-refractivity contribution is 0.158. The molecule has 1 aliphatic heterocycles. The second-order valence-electron chi connectivity index (χ2n) is 15.2. The third-order valence-electron chi connectivity index (χ3n) is 11.8. The Morgan fingerprint density at radius 3 is 2.54 bits per heavy atom. The Hall–Kier alpha value is -1.24. The molecule has 4 aliphatic rings. The molecule has 5 rings (SSSR count). The van der Waals surface area contributed by atoms with Crippen molar-refractivity contribution in [2.75, 3.05) is 6.61 Å². The highest BCUT2D eigenvalue weighted by atomic mass is 28.4. The molecule has 41 heavy (non-hydrogen) atoms. The van der Waals surface area contributed by atoms with E-state index in [4.69, 9.17) is 9.16 Å². The van der Waals surface area contributed by atoms with Crippen LogP contribution >= 0.6 is 0 Å². The van der Waals surface area contributed by atoms with E-state index in [2.05, 4.69) is 89.3 Å². The number of allylic oxidation sites excluding steroid dienone is 3. The fourth-order valence-electron chi connectivity index (χ4n) is 8.66. The summed E-state index contributed by atoms with van der Waals surface area (Å²) in [7, 11) is -1.82. The van der Waals surface area contributed by atoms with Crippen molar-refractivity contribution < 1.29 is 19.4 Å².